The molecule has 39 heavy (non-hydrogen) atoms. The number of nitrogens with zero attached hydrogens (tertiary/aromatic N) is 3. The number of carbonyl (C=O) groups excluding carboxylic acids is 1. The van der Waals surface area contributed by atoms with E-state index in [4.69, 9.17) is 9.47 Å². The number of aliphatic hydroxyl groups is 1. The first-order valence-electron chi connectivity index (χ1n) is 13.8. The van der Waals surface area contributed by atoms with Crippen molar-refractivity contribution >= 4 is 11.8 Å². The summed E-state index contributed by atoms with van der Waals surface area (Å²) in [6.07, 6.45) is 3.96. The highest BCUT2D eigenvalue weighted by atomic mass is 16.6. The highest BCUT2D eigenvalue weighted by Crippen LogP contribution is 2.66. The largest absolute Gasteiger partial charge is 0.504 e. The van der Waals surface area contributed by atoms with Gasteiger partial charge in [0.25, 0.3) is 5.69 Å². The Morgan fingerprint density at radius 3 is 2.69 bits per heavy atom. The number of phenols is 1. The van der Waals surface area contributed by atoms with Gasteiger partial charge in [-0.2, -0.15) is 0 Å². The van der Waals surface area contributed by atoms with Gasteiger partial charge in [0.05, 0.1) is 22.0 Å². The molecule has 2 bridgehead atoms. The van der Waals surface area contributed by atoms with Crippen molar-refractivity contribution < 1.29 is 29.4 Å². The van der Waals surface area contributed by atoms with E-state index in [-0.39, 0.29) is 30.1 Å². The van der Waals surface area contributed by atoms with Gasteiger partial charge in [0.2, 0.25) is 0 Å². The first-order valence-corrected chi connectivity index (χ1v) is 13.8. The molecule has 206 valence electrons. The quantitative estimate of drug-likeness (QED) is 0.425. The lowest BCUT2D eigenvalue weighted by Crippen LogP contribution is -2.78. The Hall–Kier alpha value is -3.37. The number of non-ortho nitro benzene ring substituents is 1. The fraction of sp³-hybridized carbons (Fsp3) is 0.552. The topological polar surface area (TPSA) is 126 Å². The summed E-state index contributed by atoms with van der Waals surface area (Å²) in [6, 6.07) is 9.19. The molecule has 5 atom stereocenters. The molecule has 2 saturated carbocycles. The first kappa shape index (κ1) is 24.7. The number of likely N-dealkylation sites (tertiary alicyclic amines) is 1. The van der Waals surface area contributed by atoms with Crippen LogP contribution in [0.2, 0.25) is 0 Å². The Balaban J connectivity index is 1.17. The second kappa shape index (κ2) is 8.56. The van der Waals surface area contributed by atoms with E-state index >= 15 is 0 Å². The number of likely N-dealkylation sites (N-methyl/N-ethyl adjacent to an activating group) is 1. The number of amides is 1. The van der Waals surface area contributed by atoms with Crippen molar-refractivity contribution in [1.29, 1.82) is 0 Å². The molecule has 5 aliphatic rings. The number of phenolic OH excluding ortho intramolecular Hbond substituents is 1. The summed E-state index contributed by atoms with van der Waals surface area (Å²) in [4.78, 5) is 27.7. The minimum Gasteiger partial charge on any atom is -0.504 e. The number of aromatic hydroxyl groups is 1. The van der Waals surface area contributed by atoms with Crippen molar-refractivity contribution in [3.05, 3.63) is 63.2 Å². The monoisotopic (exact) mass is 535 g/mol. The Bertz CT molecular complexity index is 1350. The molecule has 2 aromatic carbocycles. The van der Waals surface area contributed by atoms with Crippen molar-refractivity contribution in [2.24, 2.45) is 5.92 Å². The second-order valence-corrected chi connectivity index (χ2v) is 12.0. The third-order valence-corrected chi connectivity index (χ3v) is 10.0. The van der Waals surface area contributed by atoms with Crippen LogP contribution in [0.4, 0.5) is 10.5 Å². The fourth-order valence-corrected chi connectivity index (χ4v) is 7.95. The Morgan fingerprint density at radius 1 is 1.21 bits per heavy atom. The van der Waals surface area contributed by atoms with E-state index in [1.165, 1.54) is 25.0 Å². The van der Waals surface area contributed by atoms with Crippen LogP contribution < -0.4 is 4.74 Å². The summed E-state index contributed by atoms with van der Waals surface area (Å²) in [7, 11) is 1.69. The molecule has 1 amide bonds. The van der Waals surface area contributed by atoms with E-state index in [2.05, 4.69) is 4.90 Å². The summed E-state index contributed by atoms with van der Waals surface area (Å²) in [5.74, 6) is 1.23. The lowest BCUT2D eigenvalue weighted by molar-refractivity contribution is -0.384. The summed E-state index contributed by atoms with van der Waals surface area (Å²) in [6.45, 7) is 1.84. The van der Waals surface area contributed by atoms with E-state index < -0.39 is 28.1 Å². The van der Waals surface area contributed by atoms with Crippen LogP contribution >= 0.6 is 0 Å². The number of ether oxygens (including phenoxy) is 2. The average molecular weight is 536 g/mol. The molecule has 2 heterocycles. The lowest BCUT2D eigenvalue weighted by Gasteiger charge is -2.64. The predicted octanol–water partition coefficient (Wildman–Crippen LogP) is 3.50. The van der Waals surface area contributed by atoms with Crippen molar-refractivity contribution in [3.8, 4) is 11.5 Å². The highest BCUT2D eigenvalue weighted by molar-refractivity contribution is 5.69. The summed E-state index contributed by atoms with van der Waals surface area (Å²) < 4.78 is 12.1. The Morgan fingerprint density at radius 2 is 1.97 bits per heavy atom. The normalized spacial score (nSPS) is 32.2. The Labute approximate surface area is 226 Å². The van der Waals surface area contributed by atoms with E-state index in [0.29, 0.717) is 36.5 Å². The maximum absolute atomic E-state index is 13.2. The van der Waals surface area contributed by atoms with E-state index in [1.54, 1.807) is 30.1 Å². The fourth-order valence-electron chi connectivity index (χ4n) is 7.95. The maximum atomic E-state index is 13.2. The molecule has 2 aliphatic heterocycles. The predicted molar refractivity (Wildman–Crippen MR) is 140 cm³/mol. The average Bonchev–Trinajstić information content (AvgIpc) is 3.67. The van der Waals surface area contributed by atoms with Gasteiger partial charge in [-0.1, -0.05) is 6.07 Å². The van der Waals surface area contributed by atoms with Crippen LogP contribution in [0.25, 0.3) is 0 Å². The highest BCUT2D eigenvalue weighted by Gasteiger charge is 2.73. The van der Waals surface area contributed by atoms with Crippen molar-refractivity contribution in [3.63, 3.8) is 0 Å². The minimum absolute atomic E-state index is 0.0160. The van der Waals surface area contributed by atoms with Crippen molar-refractivity contribution in [1.82, 2.24) is 9.80 Å². The number of benzene rings is 2. The SMILES string of the molecule is CN(C(=O)OCc1ccc([N+](=O)[O-])cc1)C1CCC2(O)[C@@H]3Cc4ccc(O)c5c4[C@@]2(CCN3CC2CC2)C1O5. The zero-order valence-electron chi connectivity index (χ0n) is 21.9. The van der Waals surface area contributed by atoms with Crippen LogP contribution in [0.15, 0.2) is 36.4 Å². The van der Waals surface area contributed by atoms with Crippen LogP contribution in [-0.2, 0) is 23.2 Å². The van der Waals surface area contributed by atoms with Gasteiger partial charge >= 0.3 is 6.09 Å². The number of hydrogen-bond donors (Lipinski definition) is 2. The van der Waals surface area contributed by atoms with Crippen molar-refractivity contribution in [2.45, 2.75) is 74.3 Å². The second-order valence-electron chi connectivity index (χ2n) is 12.0. The van der Waals surface area contributed by atoms with Crippen LogP contribution in [-0.4, -0.2) is 75.0 Å². The maximum Gasteiger partial charge on any atom is 0.410 e. The number of nitro groups is 1. The molecule has 3 aliphatic carbocycles. The summed E-state index contributed by atoms with van der Waals surface area (Å²) in [5, 5.41) is 34.3. The molecule has 7 rings (SSSR count). The number of hydrogen-bond acceptors (Lipinski definition) is 8. The van der Waals surface area contributed by atoms with Gasteiger partial charge in [0, 0.05) is 37.3 Å². The molecule has 2 N–H and O–H groups in total. The molecule has 3 unspecified atom stereocenters. The molecule has 3 fully saturated rings. The molecule has 0 radical (unpaired) electrons. The summed E-state index contributed by atoms with van der Waals surface area (Å²) in [5.41, 5.74) is 0.938. The van der Waals surface area contributed by atoms with E-state index in [9.17, 15) is 25.1 Å². The third kappa shape index (κ3) is 3.50. The first-order chi connectivity index (χ1) is 18.7. The van der Waals surface area contributed by atoms with Crippen LogP contribution in [0, 0.1) is 16.0 Å². The molecule has 0 aromatic heterocycles. The van der Waals surface area contributed by atoms with Gasteiger partial charge in [-0.3, -0.25) is 15.0 Å². The molecule has 1 spiro atoms. The standard InChI is InChI=1S/C29H33N3O7/c1-30(27(34)38-16-18-4-7-20(8-5-18)32(36)37)21-10-11-29(35)23-14-19-6-9-22(33)25-24(19)28(29,26(21)39-25)12-13-31(23)15-17-2-3-17/h4-9,17,21,23,26,33,35H,2-3,10-16H2,1H3/t21?,23-,26?,28-,29?/m0/s1. The Kier molecular flexibility index (Phi) is 5.41. The molecule has 2 aromatic rings. The third-order valence-electron chi connectivity index (χ3n) is 10.0. The molecule has 10 heteroatoms. The molecule has 1 saturated heterocycles. The zero-order chi connectivity index (χ0) is 27.1. The number of rotatable bonds is 6. The van der Waals surface area contributed by atoms with Gasteiger partial charge < -0.3 is 24.6 Å². The van der Waals surface area contributed by atoms with Gasteiger partial charge in [0.1, 0.15) is 12.7 Å². The van der Waals surface area contributed by atoms with Gasteiger partial charge in [-0.05, 0) is 80.3 Å². The van der Waals surface area contributed by atoms with Crippen LogP contribution in [0.5, 0.6) is 11.5 Å². The zero-order valence-corrected chi connectivity index (χ0v) is 21.9. The van der Waals surface area contributed by atoms with E-state index in [0.717, 1.165) is 30.6 Å². The lowest BCUT2D eigenvalue weighted by atomic mass is 9.48. The number of nitro benzene ring substituents is 1. The number of piperidine rings is 1. The summed E-state index contributed by atoms with van der Waals surface area (Å²) >= 11 is 0. The smallest absolute Gasteiger partial charge is 0.410 e. The van der Waals surface area contributed by atoms with Crippen molar-refractivity contribution in [2.75, 3.05) is 20.1 Å². The minimum atomic E-state index is -1.02. The van der Waals surface area contributed by atoms with E-state index in [1.807, 2.05) is 6.07 Å². The molecular formula is C29H33N3O7. The van der Waals surface area contributed by atoms with Gasteiger partial charge in [-0.25, -0.2) is 4.79 Å². The molecule has 10 nitrogen and oxygen atoms in total. The van der Waals surface area contributed by atoms with Crippen LogP contribution in [0.1, 0.15) is 48.8 Å². The molecular weight excluding hydrogens is 502 g/mol. The van der Waals surface area contributed by atoms with Gasteiger partial charge in [-0.15, -0.1) is 0 Å². The van der Waals surface area contributed by atoms with Gasteiger partial charge in [0.15, 0.2) is 11.5 Å². The van der Waals surface area contributed by atoms with Crippen LogP contribution in [0.3, 0.4) is 0 Å². The number of carbonyl (C=O) groups is 1.